The van der Waals surface area contributed by atoms with Crippen molar-refractivity contribution in [2.75, 3.05) is 5.75 Å². The topological polar surface area (TPSA) is 60.2 Å². The van der Waals surface area contributed by atoms with Crippen LogP contribution in [-0.4, -0.2) is 26.3 Å². The number of hydrogen-bond donors (Lipinski definition) is 1. The molecular weight excluding hydrogens is 221 g/mol. The first kappa shape index (κ1) is 12.6. The largest absolute Gasteiger partial charge is 0.453 e. The Hall–Kier alpha value is -0.440. The van der Waals surface area contributed by atoms with Crippen molar-refractivity contribution in [3.8, 4) is 0 Å². The van der Waals surface area contributed by atoms with Crippen molar-refractivity contribution in [3.63, 3.8) is 0 Å². The van der Waals surface area contributed by atoms with Gasteiger partial charge in [-0.2, -0.15) is 22.0 Å². The zero-order chi connectivity index (χ0) is 10.9. The van der Waals surface area contributed by atoms with Crippen LogP contribution in [0.25, 0.3) is 0 Å². The van der Waals surface area contributed by atoms with Crippen LogP contribution < -0.4 is 5.14 Å². The van der Waals surface area contributed by atoms with Gasteiger partial charge in [-0.05, 0) is 0 Å². The zero-order valence-corrected chi connectivity index (χ0v) is 6.92. The summed E-state index contributed by atoms with van der Waals surface area (Å²) in [6.45, 7) is 0. The van der Waals surface area contributed by atoms with Gasteiger partial charge in [0.15, 0.2) is 0 Å². The van der Waals surface area contributed by atoms with Crippen molar-refractivity contribution >= 4 is 10.0 Å². The van der Waals surface area contributed by atoms with Crippen LogP contribution in [0.3, 0.4) is 0 Å². The fourth-order valence-electron chi connectivity index (χ4n) is 0.412. The predicted molar refractivity (Wildman–Crippen MR) is 33.6 cm³/mol. The number of sulfonamides is 1. The molecule has 0 fully saturated rings. The highest BCUT2D eigenvalue weighted by Gasteiger charge is 2.57. The van der Waals surface area contributed by atoms with Crippen molar-refractivity contribution in [2.45, 2.75) is 18.5 Å². The molecule has 0 saturated carbocycles. The Morgan fingerprint density at radius 1 is 1.08 bits per heavy atom. The van der Waals surface area contributed by atoms with E-state index in [1.165, 1.54) is 0 Å². The molecule has 0 spiro atoms. The molecule has 0 aromatic rings. The second-order valence-electron chi connectivity index (χ2n) is 2.32. The summed E-state index contributed by atoms with van der Waals surface area (Å²) in [7, 11) is -4.30. The van der Waals surface area contributed by atoms with E-state index >= 15 is 0 Å². The Morgan fingerprint density at radius 2 is 1.46 bits per heavy atom. The third-order valence-electron chi connectivity index (χ3n) is 1.12. The number of rotatable bonds is 3. The lowest BCUT2D eigenvalue weighted by atomic mass is 10.2. The summed E-state index contributed by atoms with van der Waals surface area (Å²) in [6.07, 6.45) is -7.59. The monoisotopic (exact) mass is 227 g/mol. The first-order valence-corrected chi connectivity index (χ1v) is 4.62. The molecule has 80 valence electrons. The van der Waals surface area contributed by atoms with Crippen molar-refractivity contribution in [3.05, 3.63) is 0 Å². The first-order valence-electron chi connectivity index (χ1n) is 2.91. The van der Waals surface area contributed by atoms with Crippen molar-refractivity contribution in [1.29, 1.82) is 0 Å². The van der Waals surface area contributed by atoms with Crippen LogP contribution in [0.1, 0.15) is 6.42 Å². The lowest BCUT2D eigenvalue weighted by Crippen LogP contribution is -2.38. The van der Waals surface area contributed by atoms with Crippen LogP contribution in [-0.2, 0) is 10.0 Å². The molecule has 0 aromatic heterocycles. The number of nitrogens with two attached hydrogens (primary N) is 1. The highest BCUT2D eigenvalue weighted by Crippen LogP contribution is 2.37. The van der Waals surface area contributed by atoms with Gasteiger partial charge in [-0.25, -0.2) is 13.6 Å². The first-order chi connectivity index (χ1) is 5.46. The van der Waals surface area contributed by atoms with Gasteiger partial charge < -0.3 is 0 Å². The summed E-state index contributed by atoms with van der Waals surface area (Å²) in [5.74, 6) is -6.42. The molecule has 0 atom stereocenters. The molecule has 0 bridgehead atoms. The highest BCUT2D eigenvalue weighted by atomic mass is 32.2. The van der Waals surface area contributed by atoms with Gasteiger partial charge >= 0.3 is 12.1 Å². The molecule has 0 aliphatic rings. The third kappa shape index (κ3) is 4.36. The SMILES string of the molecule is NS(=O)(=O)CCC(F)(F)C(F)(F)F. The Bertz CT molecular complexity index is 269. The summed E-state index contributed by atoms with van der Waals surface area (Å²) in [5, 5.41) is 4.26. The minimum absolute atomic E-state index is 1.40. The van der Waals surface area contributed by atoms with E-state index < -0.39 is 34.3 Å². The van der Waals surface area contributed by atoms with Crippen molar-refractivity contribution in [2.24, 2.45) is 5.14 Å². The molecule has 2 N–H and O–H groups in total. The standard InChI is InChI=1S/C4H6F5NO2S/c5-3(6,4(7,8)9)1-2-13(10,11)12/h1-2H2,(H2,10,11,12). The fraction of sp³-hybridized carbons (Fsp3) is 1.00. The lowest BCUT2D eigenvalue weighted by Gasteiger charge is -2.18. The Balaban J connectivity index is 4.38. The molecular formula is C4H6F5NO2S. The molecule has 0 radical (unpaired) electrons. The highest BCUT2D eigenvalue weighted by molar-refractivity contribution is 7.89. The number of halogens is 5. The maximum atomic E-state index is 12.0. The summed E-state index contributed by atoms with van der Waals surface area (Å²) >= 11 is 0. The van der Waals surface area contributed by atoms with Crippen LogP contribution in [0.2, 0.25) is 0 Å². The van der Waals surface area contributed by atoms with Crippen molar-refractivity contribution in [1.82, 2.24) is 0 Å². The van der Waals surface area contributed by atoms with Crippen molar-refractivity contribution < 1.29 is 30.4 Å². The molecule has 13 heavy (non-hydrogen) atoms. The zero-order valence-electron chi connectivity index (χ0n) is 6.11. The van der Waals surface area contributed by atoms with E-state index in [4.69, 9.17) is 0 Å². The van der Waals surface area contributed by atoms with Gasteiger partial charge in [0.25, 0.3) is 0 Å². The Kier molecular flexibility index (Phi) is 3.26. The van der Waals surface area contributed by atoms with Crippen LogP contribution in [0, 0.1) is 0 Å². The van der Waals surface area contributed by atoms with Crippen LogP contribution in [0.5, 0.6) is 0 Å². The Morgan fingerprint density at radius 3 is 1.69 bits per heavy atom. The summed E-state index contributed by atoms with van der Waals surface area (Å²) in [4.78, 5) is 0. The van der Waals surface area contributed by atoms with E-state index in [-0.39, 0.29) is 0 Å². The molecule has 0 unspecified atom stereocenters. The van der Waals surface area contributed by atoms with Crippen LogP contribution in [0.15, 0.2) is 0 Å². The average Bonchev–Trinajstić information content (AvgIpc) is 1.79. The molecule has 0 aliphatic carbocycles. The summed E-state index contributed by atoms with van der Waals surface area (Å²) < 4.78 is 78.5. The molecule has 0 heterocycles. The smallest absolute Gasteiger partial charge is 0.229 e. The van der Waals surface area contributed by atoms with E-state index in [0.717, 1.165) is 0 Å². The van der Waals surface area contributed by atoms with E-state index in [1.54, 1.807) is 0 Å². The van der Waals surface area contributed by atoms with Crippen LogP contribution >= 0.6 is 0 Å². The van der Waals surface area contributed by atoms with Crippen LogP contribution in [0.4, 0.5) is 22.0 Å². The quantitative estimate of drug-likeness (QED) is 0.727. The van der Waals surface area contributed by atoms with E-state index in [1.807, 2.05) is 0 Å². The minimum Gasteiger partial charge on any atom is -0.229 e. The third-order valence-corrected chi connectivity index (χ3v) is 1.89. The van der Waals surface area contributed by atoms with Gasteiger partial charge in [-0.15, -0.1) is 0 Å². The maximum absolute atomic E-state index is 12.0. The summed E-state index contributed by atoms with van der Waals surface area (Å²) in [5.41, 5.74) is 0. The van der Waals surface area contributed by atoms with Gasteiger partial charge in [0.1, 0.15) is 0 Å². The normalized spacial score (nSPS) is 14.6. The maximum Gasteiger partial charge on any atom is 0.453 e. The van der Waals surface area contributed by atoms with Gasteiger partial charge in [0.05, 0.1) is 5.75 Å². The summed E-state index contributed by atoms with van der Waals surface area (Å²) in [6, 6.07) is 0. The van der Waals surface area contributed by atoms with E-state index in [2.05, 4.69) is 5.14 Å². The number of hydrogen-bond acceptors (Lipinski definition) is 2. The van der Waals surface area contributed by atoms with Gasteiger partial charge in [0.2, 0.25) is 10.0 Å². The fourth-order valence-corrected chi connectivity index (χ4v) is 0.953. The number of alkyl halides is 5. The lowest BCUT2D eigenvalue weighted by molar-refractivity contribution is -0.282. The average molecular weight is 227 g/mol. The predicted octanol–water partition coefficient (Wildman–Crippen LogP) is 0.863. The molecule has 3 nitrogen and oxygen atoms in total. The van der Waals surface area contributed by atoms with Gasteiger partial charge in [-0.1, -0.05) is 0 Å². The molecule has 0 aliphatic heterocycles. The molecule has 0 amide bonds. The molecule has 0 aromatic carbocycles. The Labute approximate surface area is 70.8 Å². The van der Waals surface area contributed by atoms with Gasteiger partial charge in [0, 0.05) is 6.42 Å². The minimum atomic E-state index is -5.74. The molecule has 0 saturated heterocycles. The van der Waals surface area contributed by atoms with Gasteiger partial charge in [-0.3, -0.25) is 0 Å². The molecule has 0 rings (SSSR count). The van der Waals surface area contributed by atoms with E-state index in [0.29, 0.717) is 0 Å². The second-order valence-corrected chi connectivity index (χ2v) is 4.05. The number of primary sulfonamides is 1. The second kappa shape index (κ2) is 3.37. The molecule has 9 heteroatoms. The van der Waals surface area contributed by atoms with E-state index in [9.17, 15) is 30.4 Å².